The Morgan fingerprint density at radius 1 is 1.13 bits per heavy atom. The van der Waals surface area contributed by atoms with Crippen LogP contribution in [0, 0.1) is 0 Å². The number of hydrogen-bond acceptors (Lipinski definition) is 5. The van der Waals surface area contributed by atoms with Gasteiger partial charge in [-0.3, -0.25) is 9.59 Å². The van der Waals surface area contributed by atoms with E-state index in [1.54, 1.807) is 43.5 Å². The van der Waals surface area contributed by atoms with Crippen molar-refractivity contribution in [3.8, 4) is 5.75 Å². The molecule has 0 aromatic heterocycles. The summed E-state index contributed by atoms with van der Waals surface area (Å²) in [6, 6.07) is 13.9. The van der Waals surface area contributed by atoms with E-state index in [4.69, 9.17) is 4.74 Å². The van der Waals surface area contributed by atoms with Crippen molar-refractivity contribution in [1.82, 2.24) is 5.32 Å². The minimum atomic E-state index is -0.695. The molecular formula is C24H30N2O4. The smallest absolute Gasteiger partial charge is 0.248 e. The summed E-state index contributed by atoms with van der Waals surface area (Å²) in [4.78, 5) is 24.4. The molecule has 0 radical (unpaired) electrons. The Morgan fingerprint density at radius 3 is 2.47 bits per heavy atom. The second-order valence-corrected chi connectivity index (χ2v) is 7.43. The zero-order chi connectivity index (χ0) is 22.1. The molecule has 2 atom stereocenters. The molecule has 2 unspecified atom stereocenters. The maximum Gasteiger partial charge on any atom is 0.248 e. The lowest BCUT2D eigenvalue weighted by molar-refractivity contribution is -0.111. The van der Waals surface area contributed by atoms with Crippen molar-refractivity contribution in [1.29, 1.82) is 0 Å². The van der Waals surface area contributed by atoms with Gasteiger partial charge >= 0.3 is 0 Å². The van der Waals surface area contributed by atoms with Gasteiger partial charge in [0.05, 0.1) is 13.2 Å². The predicted molar refractivity (Wildman–Crippen MR) is 119 cm³/mol. The highest BCUT2D eigenvalue weighted by molar-refractivity contribution is 6.01. The van der Waals surface area contributed by atoms with Crippen LogP contribution in [0.5, 0.6) is 5.75 Å². The standard InChI is InChI=1S/C24H30N2O4/c1-16(2)14-23(28)26-20-7-5-6-19(15-20)22(27)12-13-25-17(3)24(29)18-8-10-21(30-4)11-9-18/h5-11,14-15,17,24-25,29H,12-13H2,1-4H3,(H,26,28). The molecule has 3 N–H and O–H groups in total. The van der Waals surface area contributed by atoms with Crippen molar-refractivity contribution in [3.63, 3.8) is 0 Å². The normalized spacial score (nSPS) is 12.6. The summed E-state index contributed by atoms with van der Waals surface area (Å²) in [5, 5.41) is 16.4. The Morgan fingerprint density at radius 2 is 1.83 bits per heavy atom. The second kappa shape index (κ2) is 11.3. The number of amides is 1. The molecule has 30 heavy (non-hydrogen) atoms. The first kappa shape index (κ1) is 23.3. The fourth-order valence-electron chi connectivity index (χ4n) is 2.97. The number of hydrogen-bond donors (Lipinski definition) is 3. The molecule has 0 aliphatic heterocycles. The Bertz CT molecular complexity index is 886. The number of aliphatic hydroxyl groups excluding tert-OH is 1. The van der Waals surface area contributed by atoms with Crippen molar-refractivity contribution in [3.05, 3.63) is 71.3 Å². The second-order valence-electron chi connectivity index (χ2n) is 7.43. The molecule has 160 valence electrons. The van der Waals surface area contributed by atoms with Gasteiger partial charge in [-0.05, 0) is 50.6 Å². The van der Waals surface area contributed by atoms with Crippen LogP contribution in [-0.2, 0) is 4.79 Å². The molecule has 0 aliphatic carbocycles. The predicted octanol–water partition coefficient (Wildman–Crippen LogP) is 3.88. The van der Waals surface area contributed by atoms with Crippen LogP contribution in [0.4, 0.5) is 5.69 Å². The zero-order valence-corrected chi connectivity index (χ0v) is 17.9. The van der Waals surface area contributed by atoms with E-state index in [2.05, 4.69) is 10.6 Å². The number of benzene rings is 2. The number of carbonyl (C=O) groups is 2. The molecule has 1 amide bonds. The highest BCUT2D eigenvalue weighted by atomic mass is 16.5. The van der Waals surface area contributed by atoms with Crippen LogP contribution in [0.2, 0.25) is 0 Å². The number of nitrogens with one attached hydrogen (secondary N) is 2. The number of Topliss-reactive ketones (excluding diaryl/α,β-unsaturated/α-hetero) is 1. The third-order valence-corrected chi connectivity index (χ3v) is 4.62. The van der Waals surface area contributed by atoms with Crippen molar-refractivity contribution in [2.45, 2.75) is 39.3 Å². The molecule has 2 rings (SSSR count). The quantitative estimate of drug-likeness (QED) is 0.409. The summed E-state index contributed by atoms with van der Waals surface area (Å²) >= 11 is 0. The SMILES string of the molecule is COc1ccc(C(O)C(C)NCCC(=O)c2cccc(NC(=O)C=C(C)C)c2)cc1. The summed E-state index contributed by atoms with van der Waals surface area (Å²) in [6.07, 6.45) is 1.10. The van der Waals surface area contributed by atoms with Crippen LogP contribution < -0.4 is 15.4 Å². The molecule has 2 aromatic carbocycles. The maximum absolute atomic E-state index is 12.5. The molecule has 6 heteroatoms. The summed E-state index contributed by atoms with van der Waals surface area (Å²) in [6.45, 7) is 6.00. The number of ether oxygens (including phenoxy) is 1. The van der Waals surface area contributed by atoms with E-state index in [0.717, 1.165) is 16.9 Å². The Hall–Kier alpha value is -2.96. The first-order chi connectivity index (χ1) is 14.3. The zero-order valence-electron chi connectivity index (χ0n) is 17.9. The van der Waals surface area contributed by atoms with Crippen molar-refractivity contribution < 1.29 is 19.4 Å². The van der Waals surface area contributed by atoms with Crippen LogP contribution in [0.3, 0.4) is 0 Å². The largest absolute Gasteiger partial charge is 0.497 e. The molecule has 0 spiro atoms. The summed E-state index contributed by atoms with van der Waals surface area (Å²) in [5.41, 5.74) is 2.80. The van der Waals surface area contributed by atoms with E-state index in [1.165, 1.54) is 6.08 Å². The van der Waals surface area contributed by atoms with Crippen molar-refractivity contribution in [2.75, 3.05) is 19.0 Å². The van der Waals surface area contributed by atoms with Crippen molar-refractivity contribution >= 4 is 17.4 Å². The molecule has 0 fully saturated rings. The maximum atomic E-state index is 12.5. The van der Waals surface area contributed by atoms with Gasteiger partial charge in [-0.1, -0.05) is 29.8 Å². The van der Waals surface area contributed by atoms with Gasteiger partial charge in [-0.15, -0.1) is 0 Å². The lowest BCUT2D eigenvalue weighted by atomic mass is 10.0. The third kappa shape index (κ3) is 7.13. The number of aliphatic hydroxyl groups is 1. The minimum Gasteiger partial charge on any atom is -0.497 e. The monoisotopic (exact) mass is 410 g/mol. The Balaban J connectivity index is 1.87. The summed E-state index contributed by atoms with van der Waals surface area (Å²) < 4.78 is 5.13. The van der Waals surface area contributed by atoms with E-state index in [-0.39, 0.29) is 24.2 Å². The van der Waals surface area contributed by atoms with E-state index < -0.39 is 6.10 Å². The molecule has 0 heterocycles. The summed E-state index contributed by atoms with van der Waals surface area (Å²) in [5.74, 6) is 0.478. The van der Waals surface area contributed by atoms with Gasteiger partial charge in [-0.25, -0.2) is 0 Å². The van der Waals surface area contributed by atoms with Crippen LogP contribution >= 0.6 is 0 Å². The number of allylic oxidation sites excluding steroid dienone is 1. The van der Waals surface area contributed by atoms with E-state index in [1.807, 2.05) is 32.9 Å². The lowest BCUT2D eigenvalue weighted by Gasteiger charge is -2.20. The highest BCUT2D eigenvalue weighted by Crippen LogP contribution is 2.20. The number of rotatable bonds is 10. The first-order valence-electron chi connectivity index (χ1n) is 9.94. The number of ketones is 1. The molecular weight excluding hydrogens is 380 g/mol. The van der Waals surface area contributed by atoms with Crippen molar-refractivity contribution in [2.24, 2.45) is 0 Å². The molecule has 0 saturated carbocycles. The average molecular weight is 411 g/mol. The van der Waals surface area contributed by atoms with Gasteiger partial charge < -0.3 is 20.5 Å². The number of methoxy groups -OCH3 is 1. The van der Waals surface area contributed by atoms with Gasteiger partial charge in [0.15, 0.2) is 5.78 Å². The van der Waals surface area contributed by atoms with E-state index in [9.17, 15) is 14.7 Å². The first-order valence-corrected chi connectivity index (χ1v) is 9.94. The number of carbonyl (C=O) groups excluding carboxylic acids is 2. The van der Waals surface area contributed by atoms with Gasteiger partial charge in [0.25, 0.3) is 0 Å². The molecule has 6 nitrogen and oxygen atoms in total. The fraction of sp³-hybridized carbons (Fsp3) is 0.333. The lowest BCUT2D eigenvalue weighted by Crippen LogP contribution is -2.33. The minimum absolute atomic E-state index is 0.0352. The molecule has 0 bridgehead atoms. The topological polar surface area (TPSA) is 87.7 Å². The molecule has 2 aromatic rings. The third-order valence-electron chi connectivity index (χ3n) is 4.62. The van der Waals surface area contributed by atoms with Crippen LogP contribution in [0.1, 0.15) is 49.2 Å². The van der Waals surface area contributed by atoms with E-state index >= 15 is 0 Å². The molecule has 0 saturated heterocycles. The number of anilines is 1. The van der Waals surface area contributed by atoms with E-state index in [0.29, 0.717) is 17.8 Å². The van der Waals surface area contributed by atoms with Crippen LogP contribution in [0.25, 0.3) is 0 Å². The molecule has 0 aliphatic rings. The summed E-state index contributed by atoms with van der Waals surface area (Å²) in [7, 11) is 1.60. The van der Waals surface area contributed by atoms with Crippen LogP contribution in [-0.4, -0.2) is 36.5 Å². The Kier molecular flexibility index (Phi) is 8.77. The van der Waals surface area contributed by atoms with Crippen LogP contribution in [0.15, 0.2) is 60.2 Å². The van der Waals surface area contributed by atoms with Gasteiger partial charge in [0.1, 0.15) is 5.75 Å². The van der Waals surface area contributed by atoms with Gasteiger partial charge in [0, 0.05) is 36.3 Å². The Labute approximate surface area is 178 Å². The average Bonchev–Trinajstić information content (AvgIpc) is 2.72. The fourth-order valence-corrected chi connectivity index (χ4v) is 2.97. The highest BCUT2D eigenvalue weighted by Gasteiger charge is 2.16. The van der Waals surface area contributed by atoms with Gasteiger partial charge in [0.2, 0.25) is 5.91 Å². The van der Waals surface area contributed by atoms with Gasteiger partial charge in [-0.2, -0.15) is 0 Å².